The van der Waals surface area contributed by atoms with Gasteiger partial charge >= 0.3 is 0 Å². The van der Waals surface area contributed by atoms with Crippen molar-refractivity contribution < 1.29 is 8.42 Å². The van der Waals surface area contributed by atoms with Crippen LogP contribution in [0.1, 0.15) is 12.8 Å². The molecule has 2 rings (SSSR count). The molecule has 0 radical (unpaired) electrons. The Morgan fingerprint density at radius 3 is 1.72 bits per heavy atom. The van der Waals surface area contributed by atoms with E-state index in [-0.39, 0.29) is 0 Å². The molecule has 0 aromatic heterocycles. The average molecular weight is 421 g/mol. The van der Waals surface area contributed by atoms with Crippen LogP contribution in [-0.2, 0) is 10.0 Å². The third-order valence-corrected chi connectivity index (χ3v) is 6.94. The predicted octanol–water partition coefficient (Wildman–Crippen LogP) is 2.80. The lowest BCUT2D eigenvalue weighted by Gasteiger charge is -2.25. The van der Waals surface area contributed by atoms with Crippen molar-refractivity contribution in [1.82, 2.24) is 14.1 Å². The Balaban J connectivity index is 2.42. The maximum Gasteiger partial charge on any atom is 0.243 e. The molecule has 0 saturated heterocycles. The Morgan fingerprint density at radius 2 is 1.21 bits per heavy atom. The van der Waals surface area contributed by atoms with E-state index in [9.17, 15) is 8.42 Å². The summed E-state index contributed by atoms with van der Waals surface area (Å²) in [6.45, 7) is 2.77. The van der Waals surface area contributed by atoms with E-state index in [1.165, 1.54) is 0 Å². The van der Waals surface area contributed by atoms with Crippen molar-refractivity contribution in [1.29, 1.82) is 0 Å². The highest BCUT2D eigenvalue weighted by atomic mass is 32.2. The lowest BCUT2D eigenvalue weighted by atomic mass is 10.1. The van der Waals surface area contributed by atoms with Crippen LogP contribution in [0.2, 0.25) is 0 Å². The molecule has 7 heteroatoms. The van der Waals surface area contributed by atoms with Crippen LogP contribution in [0.5, 0.6) is 0 Å². The van der Waals surface area contributed by atoms with E-state index in [1.807, 2.05) is 77.5 Å². The fraction of sp³-hybridized carbons (Fsp3) is 0.545. The number of nitrogens with zero attached hydrogens (tertiary/aromatic N) is 4. The molecule has 2 aromatic rings. The minimum atomic E-state index is -3.59. The molecule has 0 unspecified atom stereocenters. The van der Waals surface area contributed by atoms with Gasteiger partial charge in [0.2, 0.25) is 10.0 Å². The molecule has 0 N–H and O–H groups in total. The Bertz CT molecular complexity index is 881. The van der Waals surface area contributed by atoms with E-state index in [4.69, 9.17) is 0 Å². The number of sulfonamides is 1. The van der Waals surface area contributed by atoms with Crippen molar-refractivity contribution in [2.24, 2.45) is 0 Å². The number of rotatable bonds is 11. The highest BCUT2D eigenvalue weighted by Gasteiger charge is 2.26. The van der Waals surface area contributed by atoms with Crippen LogP contribution in [0, 0.1) is 0 Å². The van der Waals surface area contributed by atoms with Gasteiger partial charge in [-0.05, 0) is 66.3 Å². The molecular formula is C22H36N4O2S. The van der Waals surface area contributed by atoms with Gasteiger partial charge in [0.25, 0.3) is 0 Å². The molecule has 0 aliphatic rings. The van der Waals surface area contributed by atoms with Gasteiger partial charge < -0.3 is 14.7 Å². The van der Waals surface area contributed by atoms with Crippen molar-refractivity contribution in [2.45, 2.75) is 17.7 Å². The van der Waals surface area contributed by atoms with Gasteiger partial charge in [-0.25, -0.2) is 8.42 Å². The molecule has 0 bridgehead atoms. The van der Waals surface area contributed by atoms with Gasteiger partial charge in [-0.3, -0.25) is 0 Å². The maximum atomic E-state index is 13.7. The first-order valence-electron chi connectivity index (χ1n) is 10.1. The van der Waals surface area contributed by atoms with Crippen molar-refractivity contribution in [3.8, 4) is 0 Å². The zero-order valence-electron chi connectivity index (χ0n) is 18.7. The summed E-state index contributed by atoms with van der Waals surface area (Å²) in [5.41, 5.74) is 1.02. The minimum absolute atomic E-state index is 0.397. The monoisotopic (exact) mass is 420 g/mol. The number of benzene rings is 2. The first kappa shape index (κ1) is 23.6. The fourth-order valence-corrected chi connectivity index (χ4v) is 5.22. The second kappa shape index (κ2) is 10.4. The molecule has 0 fully saturated rings. The highest BCUT2D eigenvalue weighted by molar-refractivity contribution is 7.89. The van der Waals surface area contributed by atoms with Crippen LogP contribution in [0.4, 0.5) is 5.69 Å². The summed E-state index contributed by atoms with van der Waals surface area (Å²) in [6, 6.07) is 11.4. The standard InChI is InChI=1S/C22H36N4O2S/c1-23(2)15-9-17-26(18-10-16-24(3)4)29(27,28)22-14-8-11-19-20(22)12-7-13-21(19)25(5)6/h7-8,11-14H,9-10,15-18H2,1-6H3. The van der Waals surface area contributed by atoms with E-state index in [0.717, 1.165) is 42.4 Å². The van der Waals surface area contributed by atoms with Crippen LogP contribution in [-0.4, -0.2) is 91.0 Å². The van der Waals surface area contributed by atoms with Gasteiger partial charge in [0.15, 0.2) is 0 Å². The molecule has 0 aliphatic carbocycles. The van der Waals surface area contributed by atoms with Gasteiger partial charge in [0, 0.05) is 43.6 Å². The van der Waals surface area contributed by atoms with E-state index >= 15 is 0 Å². The van der Waals surface area contributed by atoms with Crippen molar-refractivity contribution in [3.63, 3.8) is 0 Å². The number of hydrogen-bond donors (Lipinski definition) is 0. The predicted molar refractivity (Wildman–Crippen MR) is 123 cm³/mol. The highest BCUT2D eigenvalue weighted by Crippen LogP contribution is 2.31. The van der Waals surface area contributed by atoms with Crippen molar-refractivity contribution >= 4 is 26.5 Å². The van der Waals surface area contributed by atoms with Crippen LogP contribution in [0.15, 0.2) is 41.3 Å². The lowest BCUT2D eigenvalue weighted by molar-refractivity contribution is 0.327. The smallest absolute Gasteiger partial charge is 0.243 e. The summed E-state index contributed by atoms with van der Waals surface area (Å²) in [4.78, 5) is 6.59. The summed E-state index contributed by atoms with van der Waals surface area (Å²) in [5, 5.41) is 1.74. The lowest BCUT2D eigenvalue weighted by Crippen LogP contribution is -2.35. The summed E-state index contributed by atoms with van der Waals surface area (Å²) < 4.78 is 29.0. The molecule has 0 aliphatic heterocycles. The molecule has 0 saturated carbocycles. The first-order valence-corrected chi connectivity index (χ1v) is 11.6. The Kier molecular flexibility index (Phi) is 8.46. The summed E-state index contributed by atoms with van der Waals surface area (Å²) in [6.07, 6.45) is 1.61. The van der Waals surface area contributed by atoms with Crippen LogP contribution in [0.25, 0.3) is 10.8 Å². The molecule has 162 valence electrons. The molecule has 6 nitrogen and oxygen atoms in total. The van der Waals surface area contributed by atoms with Crippen molar-refractivity contribution in [3.05, 3.63) is 36.4 Å². The molecular weight excluding hydrogens is 384 g/mol. The summed E-state index contributed by atoms with van der Waals surface area (Å²) in [7, 11) is 8.41. The van der Waals surface area contributed by atoms with Crippen LogP contribution >= 0.6 is 0 Å². The van der Waals surface area contributed by atoms with Crippen molar-refractivity contribution in [2.75, 3.05) is 73.4 Å². The van der Waals surface area contributed by atoms with Crippen LogP contribution < -0.4 is 4.90 Å². The molecule has 0 atom stereocenters. The minimum Gasteiger partial charge on any atom is -0.377 e. The maximum absolute atomic E-state index is 13.7. The average Bonchev–Trinajstić information content (AvgIpc) is 2.65. The summed E-state index contributed by atoms with van der Waals surface area (Å²) in [5.74, 6) is 0. The van der Waals surface area contributed by atoms with Gasteiger partial charge in [-0.15, -0.1) is 0 Å². The third kappa shape index (κ3) is 6.15. The van der Waals surface area contributed by atoms with Gasteiger partial charge in [0.05, 0.1) is 4.90 Å². The summed E-state index contributed by atoms with van der Waals surface area (Å²) >= 11 is 0. The zero-order chi connectivity index (χ0) is 21.6. The Hall–Kier alpha value is -1.67. The normalized spacial score (nSPS) is 12.4. The number of fused-ring (bicyclic) bond motifs is 1. The third-order valence-electron chi connectivity index (χ3n) is 4.98. The van der Waals surface area contributed by atoms with Gasteiger partial charge in [-0.1, -0.05) is 24.3 Å². The number of hydrogen-bond acceptors (Lipinski definition) is 5. The molecule has 2 aromatic carbocycles. The Labute approximate surface area is 176 Å². The van der Waals surface area contributed by atoms with Gasteiger partial charge in [-0.2, -0.15) is 4.31 Å². The van der Waals surface area contributed by atoms with E-state index < -0.39 is 10.0 Å². The molecule has 29 heavy (non-hydrogen) atoms. The second-order valence-electron chi connectivity index (χ2n) is 8.24. The van der Waals surface area contributed by atoms with E-state index in [0.29, 0.717) is 18.0 Å². The van der Waals surface area contributed by atoms with E-state index in [1.54, 1.807) is 10.4 Å². The number of anilines is 1. The largest absolute Gasteiger partial charge is 0.377 e. The molecule has 0 heterocycles. The fourth-order valence-electron chi connectivity index (χ4n) is 3.50. The van der Waals surface area contributed by atoms with Crippen LogP contribution in [0.3, 0.4) is 0 Å². The second-order valence-corrected chi connectivity index (χ2v) is 10.1. The SMILES string of the molecule is CN(C)CCCN(CCCN(C)C)S(=O)(=O)c1cccc2c(N(C)C)cccc12. The quantitative estimate of drug-likeness (QED) is 0.559. The molecule has 0 amide bonds. The Morgan fingerprint density at radius 1 is 0.690 bits per heavy atom. The topological polar surface area (TPSA) is 47.1 Å². The van der Waals surface area contributed by atoms with E-state index in [2.05, 4.69) is 9.80 Å². The van der Waals surface area contributed by atoms with Gasteiger partial charge in [0.1, 0.15) is 0 Å². The first-order chi connectivity index (χ1) is 13.6. The zero-order valence-corrected chi connectivity index (χ0v) is 19.5. The molecule has 0 spiro atoms.